The molecule has 1 aromatic heterocycles. The first-order chi connectivity index (χ1) is 10.5. The van der Waals surface area contributed by atoms with Gasteiger partial charge in [0.1, 0.15) is 11.3 Å². The quantitative estimate of drug-likeness (QED) is 0.692. The van der Waals surface area contributed by atoms with Crippen molar-refractivity contribution in [1.82, 2.24) is 4.90 Å². The Labute approximate surface area is 137 Å². The van der Waals surface area contributed by atoms with Crippen LogP contribution in [-0.4, -0.2) is 29.4 Å². The Morgan fingerprint density at radius 2 is 2.00 bits per heavy atom. The van der Waals surface area contributed by atoms with E-state index in [1.165, 1.54) is 0 Å². The fourth-order valence-electron chi connectivity index (χ4n) is 2.20. The summed E-state index contributed by atoms with van der Waals surface area (Å²) in [5.74, 6) is 3.25. The summed E-state index contributed by atoms with van der Waals surface area (Å²) in [6, 6.07) is 9.90. The molecule has 0 aliphatic rings. The van der Waals surface area contributed by atoms with Crippen LogP contribution in [0.2, 0.25) is 0 Å². The van der Waals surface area contributed by atoms with Crippen molar-refractivity contribution in [3.63, 3.8) is 0 Å². The second kappa shape index (κ2) is 7.73. The summed E-state index contributed by atoms with van der Waals surface area (Å²) in [4.78, 5) is 14.1. The third-order valence-corrected chi connectivity index (χ3v) is 4.87. The average Bonchev–Trinajstić information content (AvgIpc) is 2.93. The Kier molecular flexibility index (Phi) is 5.95. The van der Waals surface area contributed by atoms with Gasteiger partial charge < -0.3 is 9.32 Å². The molecule has 0 saturated heterocycles. The minimum absolute atomic E-state index is 0.0504. The summed E-state index contributed by atoms with van der Waals surface area (Å²) >= 11 is 1.71. The maximum absolute atomic E-state index is 12.3. The maximum atomic E-state index is 12.3. The van der Waals surface area contributed by atoms with Gasteiger partial charge in [-0.2, -0.15) is 11.8 Å². The van der Waals surface area contributed by atoms with Crippen LogP contribution in [0.5, 0.6) is 0 Å². The number of benzene rings is 1. The summed E-state index contributed by atoms with van der Waals surface area (Å²) in [5.41, 5.74) is 0.872. The first-order valence-electron chi connectivity index (χ1n) is 7.81. The number of amides is 1. The molecule has 0 saturated carbocycles. The molecule has 1 aromatic carbocycles. The lowest BCUT2D eigenvalue weighted by molar-refractivity contribution is -0.129. The lowest BCUT2D eigenvalue weighted by Crippen LogP contribution is -2.31. The summed E-state index contributed by atoms with van der Waals surface area (Å²) in [5, 5.41) is 1.08. The van der Waals surface area contributed by atoms with Gasteiger partial charge in [-0.25, -0.2) is 0 Å². The van der Waals surface area contributed by atoms with E-state index in [-0.39, 0.29) is 11.9 Å². The molecule has 2 aromatic rings. The average molecular weight is 319 g/mol. The summed E-state index contributed by atoms with van der Waals surface area (Å²) < 4.78 is 5.86. The SMILES string of the molecule is CC(C)CCSCC(=O)N(C)C(C)c1cc2ccccc2o1. The lowest BCUT2D eigenvalue weighted by Gasteiger charge is -2.23. The topological polar surface area (TPSA) is 33.5 Å². The van der Waals surface area contributed by atoms with Crippen LogP contribution in [0.1, 0.15) is 39.0 Å². The number of furan rings is 1. The molecular weight excluding hydrogens is 294 g/mol. The zero-order chi connectivity index (χ0) is 16.1. The second-order valence-corrected chi connectivity index (χ2v) is 7.21. The summed E-state index contributed by atoms with van der Waals surface area (Å²) in [6.45, 7) is 6.42. The molecule has 1 unspecified atom stereocenters. The molecular formula is C18H25NO2S. The number of carbonyl (C=O) groups excluding carboxylic acids is 1. The highest BCUT2D eigenvalue weighted by Crippen LogP contribution is 2.27. The van der Waals surface area contributed by atoms with Gasteiger partial charge in [-0.1, -0.05) is 32.0 Å². The van der Waals surface area contributed by atoms with Crippen LogP contribution in [0.3, 0.4) is 0 Å². The molecule has 0 fully saturated rings. The van der Waals surface area contributed by atoms with E-state index < -0.39 is 0 Å². The van der Waals surface area contributed by atoms with Gasteiger partial charge in [-0.05, 0) is 37.1 Å². The van der Waals surface area contributed by atoms with E-state index >= 15 is 0 Å². The van der Waals surface area contributed by atoms with Crippen LogP contribution in [0.25, 0.3) is 11.0 Å². The fraction of sp³-hybridized carbons (Fsp3) is 0.500. The monoisotopic (exact) mass is 319 g/mol. The molecule has 0 aliphatic heterocycles. The largest absolute Gasteiger partial charge is 0.459 e. The van der Waals surface area contributed by atoms with Gasteiger partial charge >= 0.3 is 0 Å². The van der Waals surface area contributed by atoms with Gasteiger partial charge in [0.15, 0.2) is 0 Å². The summed E-state index contributed by atoms with van der Waals surface area (Å²) in [6.07, 6.45) is 1.15. The van der Waals surface area contributed by atoms with Crippen molar-refractivity contribution in [2.45, 2.75) is 33.2 Å². The number of hydrogen-bond acceptors (Lipinski definition) is 3. The molecule has 3 nitrogen and oxygen atoms in total. The minimum Gasteiger partial charge on any atom is -0.459 e. The van der Waals surface area contributed by atoms with E-state index in [1.54, 1.807) is 16.7 Å². The van der Waals surface area contributed by atoms with Crippen molar-refractivity contribution >= 4 is 28.6 Å². The van der Waals surface area contributed by atoms with Crippen molar-refractivity contribution in [3.05, 3.63) is 36.1 Å². The molecule has 0 radical (unpaired) electrons. The highest BCUT2D eigenvalue weighted by Gasteiger charge is 2.20. The predicted octanol–water partition coefficient (Wildman–Crippen LogP) is 4.73. The van der Waals surface area contributed by atoms with Crippen LogP contribution in [0, 0.1) is 5.92 Å². The molecule has 1 heterocycles. The molecule has 0 N–H and O–H groups in total. The van der Waals surface area contributed by atoms with Gasteiger partial charge in [0.05, 0.1) is 11.8 Å². The maximum Gasteiger partial charge on any atom is 0.232 e. The van der Waals surface area contributed by atoms with E-state index in [0.29, 0.717) is 11.7 Å². The smallest absolute Gasteiger partial charge is 0.232 e. The highest BCUT2D eigenvalue weighted by molar-refractivity contribution is 7.99. The van der Waals surface area contributed by atoms with Gasteiger partial charge in [0.2, 0.25) is 5.91 Å². The Morgan fingerprint density at radius 1 is 1.27 bits per heavy atom. The van der Waals surface area contributed by atoms with Crippen LogP contribution >= 0.6 is 11.8 Å². The van der Waals surface area contributed by atoms with Gasteiger partial charge in [0.25, 0.3) is 0 Å². The zero-order valence-corrected chi connectivity index (χ0v) is 14.7. The number of thioether (sulfide) groups is 1. The molecule has 22 heavy (non-hydrogen) atoms. The van der Waals surface area contributed by atoms with Gasteiger partial charge in [-0.3, -0.25) is 4.79 Å². The summed E-state index contributed by atoms with van der Waals surface area (Å²) in [7, 11) is 1.85. The molecule has 0 bridgehead atoms. The fourth-order valence-corrected chi connectivity index (χ4v) is 3.36. The van der Waals surface area contributed by atoms with Gasteiger partial charge in [0, 0.05) is 12.4 Å². The third kappa shape index (κ3) is 4.29. The predicted molar refractivity (Wildman–Crippen MR) is 94.2 cm³/mol. The Morgan fingerprint density at radius 3 is 2.68 bits per heavy atom. The number of para-hydroxylation sites is 1. The van der Waals surface area contributed by atoms with E-state index in [4.69, 9.17) is 4.42 Å². The number of hydrogen-bond donors (Lipinski definition) is 0. The van der Waals surface area contributed by atoms with E-state index in [1.807, 2.05) is 44.3 Å². The first-order valence-corrected chi connectivity index (χ1v) is 8.96. The number of fused-ring (bicyclic) bond motifs is 1. The zero-order valence-electron chi connectivity index (χ0n) is 13.8. The highest BCUT2D eigenvalue weighted by atomic mass is 32.2. The number of rotatable bonds is 7. The Hall–Kier alpha value is -1.42. The molecule has 4 heteroatoms. The van der Waals surface area contributed by atoms with E-state index in [9.17, 15) is 4.79 Å². The van der Waals surface area contributed by atoms with E-state index in [0.717, 1.165) is 28.9 Å². The molecule has 120 valence electrons. The van der Waals surface area contributed by atoms with Crippen molar-refractivity contribution < 1.29 is 9.21 Å². The standard InChI is InChI=1S/C18H25NO2S/c1-13(2)9-10-22-12-18(20)19(4)14(3)17-11-15-7-5-6-8-16(15)21-17/h5-8,11,13-14H,9-10,12H2,1-4H3. The minimum atomic E-state index is -0.0504. The Balaban J connectivity index is 1.93. The van der Waals surface area contributed by atoms with Crippen molar-refractivity contribution in [1.29, 1.82) is 0 Å². The van der Waals surface area contributed by atoms with Crippen LogP contribution in [0.15, 0.2) is 34.7 Å². The first kappa shape index (κ1) is 16.9. The number of carbonyl (C=O) groups is 1. The van der Waals surface area contributed by atoms with Gasteiger partial charge in [-0.15, -0.1) is 0 Å². The van der Waals surface area contributed by atoms with Crippen LogP contribution in [0.4, 0.5) is 0 Å². The van der Waals surface area contributed by atoms with Crippen molar-refractivity contribution in [3.8, 4) is 0 Å². The Bertz CT molecular complexity index is 587. The van der Waals surface area contributed by atoms with E-state index in [2.05, 4.69) is 13.8 Å². The van der Waals surface area contributed by atoms with Crippen LogP contribution in [-0.2, 0) is 4.79 Å². The third-order valence-electron chi connectivity index (χ3n) is 3.90. The molecule has 0 aliphatic carbocycles. The molecule has 2 rings (SSSR count). The number of nitrogens with zero attached hydrogens (tertiary/aromatic N) is 1. The normalized spacial score (nSPS) is 12.8. The van der Waals surface area contributed by atoms with Crippen molar-refractivity contribution in [2.24, 2.45) is 5.92 Å². The van der Waals surface area contributed by atoms with Crippen molar-refractivity contribution in [2.75, 3.05) is 18.6 Å². The molecule has 1 atom stereocenters. The molecule has 1 amide bonds. The lowest BCUT2D eigenvalue weighted by atomic mass is 10.2. The molecule has 0 spiro atoms. The van der Waals surface area contributed by atoms with Crippen LogP contribution < -0.4 is 0 Å². The second-order valence-electron chi connectivity index (χ2n) is 6.10.